The molecule has 1 rings (SSSR count). The van der Waals surface area contributed by atoms with Gasteiger partial charge in [-0.1, -0.05) is 25.1 Å². The lowest BCUT2D eigenvalue weighted by molar-refractivity contribution is -0.0479. The summed E-state index contributed by atoms with van der Waals surface area (Å²) in [5.41, 5.74) is 0.590. The summed E-state index contributed by atoms with van der Waals surface area (Å²) in [7, 11) is 0. The average molecular weight is 269 g/mol. The van der Waals surface area contributed by atoms with E-state index in [0.717, 1.165) is 6.54 Å². The molecule has 3 nitrogen and oxygen atoms in total. The number of hydrogen-bond donors (Lipinski definition) is 1. The number of likely N-dealkylation sites (N-methyl/N-ethyl adjacent to an activating group) is 1. The molecule has 2 atom stereocenters. The normalized spacial score (nSPS) is 14.3. The molecule has 0 aliphatic heterocycles. The Hall–Kier alpha value is -0.970. The van der Waals surface area contributed by atoms with Gasteiger partial charge in [-0.25, -0.2) is 4.39 Å². The van der Waals surface area contributed by atoms with Gasteiger partial charge in [-0.3, -0.25) is 0 Å². The van der Waals surface area contributed by atoms with Crippen LogP contribution in [0.5, 0.6) is 0 Å². The van der Waals surface area contributed by atoms with Gasteiger partial charge in [0.25, 0.3) is 0 Å². The second kappa shape index (κ2) is 9.02. The first kappa shape index (κ1) is 16.1. The summed E-state index contributed by atoms with van der Waals surface area (Å²) in [6, 6.07) is 6.75. The van der Waals surface area contributed by atoms with E-state index in [1.165, 1.54) is 6.07 Å². The lowest BCUT2D eigenvalue weighted by atomic mass is 10.1. The Morgan fingerprint density at radius 2 is 2.00 bits per heavy atom. The molecule has 1 N–H and O–H groups in total. The van der Waals surface area contributed by atoms with Gasteiger partial charge in [-0.15, -0.1) is 0 Å². The van der Waals surface area contributed by atoms with E-state index in [-0.39, 0.29) is 18.0 Å². The molecule has 0 saturated carbocycles. The monoisotopic (exact) mass is 269 g/mol. The molecule has 0 bridgehead atoms. The first-order valence-corrected chi connectivity index (χ1v) is 6.87. The molecule has 0 amide bonds. The van der Waals surface area contributed by atoms with Crippen molar-refractivity contribution >= 4 is 0 Å². The third-order valence-electron chi connectivity index (χ3n) is 2.79. The number of benzene rings is 1. The van der Waals surface area contributed by atoms with Crippen LogP contribution in [0.2, 0.25) is 0 Å². The second-order valence-electron chi connectivity index (χ2n) is 4.42. The third-order valence-corrected chi connectivity index (χ3v) is 2.79. The topological polar surface area (TPSA) is 30.5 Å². The maximum atomic E-state index is 13.8. The number of hydrogen-bond acceptors (Lipinski definition) is 3. The Balaban J connectivity index is 2.69. The minimum absolute atomic E-state index is 0.0665. The van der Waals surface area contributed by atoms with Crippen molar-refractivity contribution in [3.63, 3.8) is 0 Å². The number of nitrogens with one attached hydrogen (secondary N) is 1. The molecule has 0 aromatic heterocycles. The van der Waals surface area contributed by atoms with Crippen molar-refractivity contribution in [2.45, 2.75) is 33.0 Å². The highest BCUT2D eigenvalue weighted by atomic mass is 19.1. The molecule has 0 spiro atoms. The lowest BCUT2D eigenvalue weighted by Gasteiger charge is -2.23. The summed E-state index contributed by atoms with van der Waals surface area (Å²) >= 11 is 0. The van der Waals surface area contributed by atoms with Gasteiger partial charge >= 0.3 is 0 Å². The third kappa shape index (κ3) is 5.68. The van der Waals surface area contributed by atoms with E-state index in [1.807, 2.05) is 26.8 Å². The Labute approximate surface area is 115 Å². The van der Waals surface area contributed by atoms with Crippen LogP contribution in [0.1, 0.15) is 32.4 Å². The summed E-state index contributed by atoms with van der Waals surface area (Å²) in [6.07, 6.45) is -0.361. The highest BCUT2D eigenvalue weighted by molar-refractivity contribution is 5.20. The molecular weight excluding hydrogens is 245 g/mol. The van der Waals surface area contributed by atoms with Gasteiger partial charge in [0.2, 0.25) is 0 Å². The molecule has 0 saturated heterocycles. The Morgan fingerprint density at radius 3 is 2.63 bits per heavy atom. The van der Waals surface area contributed by atoms with Gasteiger partial charge in [0.05, 0.1) is 18.8 Å². The SMILES string of the molecule is CCNCC(OC(C)COCC)c1ccccc1F. The fraction of sp³-hybridized carbons (Fsp3) is 0.600. The molecule has 1 aromatic carbocycles. The van der Waals surface area contributed by atoms with E-state index in [9.17, 15) is 4.39 Å². The molecule has 4 heteroatoms. The highest BCUT2D eigenvalue weighted by Crippen LogP contribution is 2.21. The van der Waals surface area contributed by atoms with Crippen LogP contribution in [0, 0.1) is 5.82 Å². The van der Waals surface area contributed by atoms with E-state index in [1.54, 1.807) is 12.1 Å². The van der Waals surface area contributed by atoms with Crippen LogP contribution < -0.4 is 5.32 Å². The van der Waals surface area contributed by atoms with Crippen LogP contribution >= 0.6 is 0 Å². The van der Waals surface area contributed by atoms with E-state index < -0.39 is 0 Å². The van der Waals surface area contributed by atoms with Gasteiger partial charge < -0.3 is 14.8 Å². The first-order valence-electron chi connectivity index (χ1n) is 6.87. The Bertz CT molecular complexity index is 360. The molecule has 2 unspecified atom stereocenters. The van der Waals surface area contributed by atoms with Gasteiger partial charge in [-0.2, -0.15) is 0 Å². The van der Waals surface area contributed by atoms with E-state index in [2.05, 4.69) is 5.32 Å². The predicted molar refractivity (Wildman–Crippen MR) is 74.7 cm³/mol. The molecule has 108 valence electrons. The van der Waals surface area contributed by atoms with Gasteiger partial charge in [0.15, 0.2) is 0 Å². The maximum Gasteiger partial charge on any atom is 0.129 e. The minimum Gasteiger partial charge on any atom is -0.379 e. The van der Waals surface area contributed by atoms with Gasteiger partial charge in [0, 0.05) is 18.7 Å². The van der Waals surface area contributed by atoms with Crippen LogP contribution in [0.15, 0.2) is 24.3 Å². The van der Waals surface area contributed by atoms with Crippen molar-refractivity contribution < 1.29 is 13.9 Å². The van der Waals surface area contributed by atoms with Crippen LogP contribution in [0.4, 0.5) is 4.39 Å². The van der Waals surface area contributed by atoms with Crippen molar-refractivity contribution in [1.82, 2.24) is 5.32 Å². The predicted octanol–water partition coefficient (Wildman–Crippen LogP) is 2.92. The van der Waals surface area contributed by atoms with E-state index >= 15 is 0 Å². The van der Waals surface area contributed by atoms with Crippen molar-refractivity contribution in [3.05, 3.63) is 35.6 Å². The van der Waals surface area contributed by atoms with Crippen molar-refractivity contribution in [1.29, 1.82) is 0 Å². The highest BCUT2D eigenvalue weighted by Gasteiger charge is 2.18. The van der Waals surface area contributed by atoms with Gasteiger partial charge in [-0.05, 0) is 26.5 Å². The molecular formula is C15H24FNO2. The summed E-state index contributed by atoms with van der Waals surface area (Å²) in [5, 5.41) is 3.20. The average Bonchev–Trinajstić information content (AvgIpc) is 2.42. The molecule has 0 aliphatic carbocycles. The zero-order valence-electron chi connectivity index (χ0n) is 12.0. The largest absolute Gasteiger partial charge is 0.379 e. The van der Waals surface area contributed by atoms with Crippen LogP contribution in [0.25, 0.3) is 0 Å². The number of rotatable bonds is 9. The summed E-state index contributed by atoms with van der Waals surface area (Å²) in [6.45, 7) is 8.50. The molecule has 0 fully saturated rings. The van der Waals surface area contributed by atoms with Crippen LogP contribution in [0.3, 0.4) is 0 Å². The second-order valence-corrected chi connectivity index (χ2v) is 4.42. The van der Waals surface area contributed by atoms with Crippen LogP contribution in [-0.2, 0) is 9.47 Å². The number of halogens is 1. The molecule has 0 radical (unpaired) electrons. The zero-order chi connectivity index (χ0) is 14.1. The molecule has 0 heterocycles. The molecule has 1 aromatic rings. The van der Waals surface area contributed by atoms with Crippen molar-refractivity contribution in [2.24, 2.45) is 0 Å². The molecule has 19 heavy (non-hydrogen) atoms. The first-order chi connectivity index (χ1) is 9.19. The number of ether oxygens (including phenoxy) is 2. The lowest BCUT2D eigenvalue weighted by Crippen LogP contribution is -2.28. The van der Waals surface area contributed by atoms with E-state index in [4.69, 9.17) is 9.47 Å². The summed E-state index contributed by atoms with van der Waals surface area (Å²) < 4.78 is 25.1. The van der Waals surface area contributed by atoms with E-state index in [0.29, 0.717) is 25.3 Å². The minimum atomic E-state index is -0.295. The molecule has 0 aliphatic rings. The maximum absolute atomic E-state index is 13.8. The van der Waals surface area contributed by atoms with Crippen molar-refractivity contribution in [2.75, 3.05) is 26.3 Å². The fourth-order valence-electron chi connectivity index (χ4n) is 1.85. The van der Waals surface area contributed by atoms with Gasteiger partial charge in [0.1, 0.15) is 5.82 Å². The Kier molecular flexibility index (Phi) is 7.63. The standard InChI is InChI=1S/C15H24FNO2/c1-4-17-10-15(19-12(3)11-18-5-2)13-8-6-7-9-14(13)16/h6-9,12,15,17H,4-5,10-11H2,1-3H3. The fourth-order valence-corrected chi connectivity index (χ4v) is 1.85. The summed E-state index contributed by atoms with van der Waals surface area (Å²) in [4.78, 5) is 0. The summed E-state index contributed by atoms with van der Waals surface area (Å²) in [5.74, 6) is -0.228. The quantitative estimate of drug-likeness (QED) is 0.747. The van der Waals surface area contributed by atoms with Crippen LogP contribution in [-0.4, -0.2) is 32.4 Å². The Morgan fingerprint density at radius 1 is 1.26 bits per heavy atom. The zero-order valence-corrected chi connectivity index (χ0v) is 12.0. The smallest absolute Gasteiger partial charge is 0.129 e. The van der Waals surface area contributed by atoms with Crippen molar-refractivity contribution in [3.8, 4) is 0 Å².